The summed E-state index contributed by atoms with van der Waals surface area (Å²) in [5.41, 5.74) is 10.7. The van der Waals surface area contributed by atoms with Gasteiger partial charge < -0.3 is 0 Å². The molecule has 3 aromatic heterocycles. The summed E-state index contributed by atoms with van der Waals surface area (Å²) in [4.78, 5) is 20.2. The van der Waals surface area contributed by atoms with Crippen molar-refractivity contribution in [2.45, 2.75) is 27.7 Å². The lowest BCUT2D eigenvalue weighted by Gasteiger charge is -2.12. The van der Waals surface area contributed by atoms with E-state index < -0.39 is 0 Å². The van der Waals surface area contributed by atoms with E-state index in [4.69, 9.17) is 19.9 Å². The van der Waals surface area contributed by atoms with Crippen LogP contribution in [0.1, 0.15) is 22.3 Å². The van der Waals surface area contributed by atoms with Gasteiger partial charge in [0, 0.05) is 11.1 Å². The molecule has 0 spiro atoms. The molecule has 0 unspecified atom stereocenters. The summed E-state index contributed by atoms with van der Waals surface area (Å²) in [5.74, 6) is 2.62. The third-order valence-electron chi connectivity index (χ3n) is 7.18. The van der Waals surface area contributed by atoms with Crippen LogP contribution in [0.25, 0.3) is 56.6 Å². The predicted molar refractivity (Wildman–Crippen MR) is 153 cm³/mol. The fourth-order valence-electron chi connectivity index (χ4n) is 5.38. The van der Waals surface area contributed by atoms with Crippen molar-refractivity contribution in [3.63, 3.8) is 0 Å². The molecule has 4 aromatic carbocycles. The lowest BCUT2D eigenvalue weighted by Crippen LogP contribution is -2.08. The number of fused-ring (bicyclic) bond motifs is 5. The fourth-order valence-corrected chi connectivity index (χ4v) is 5.38. The first-order valence-corrected chi connectivity index (χ1v) is 12.8. The Balaban J connectivity index is 1.59. The number of hydrogen-bond acceptors (Lipinski definition) is 4. The van der Waals surface area contributed by atoms with Crippen LogP contribution in [0.15, 0.2) is 84.9 Å². The van der Waals surface area contributed by atoms with Crippen LogP contribution >= 0.6 is 0 Å². The standard InChI is InChI=1S/C32H26N6/c1-19-13-15-23(21(3)17-19)29-34-30(24-16-14-20(2)18-22(24)4)36-31(35-29)38-28-12-8-7-11-27(28)37-26-10-6-5-9-25(26)33-32(37)38/h5-18H,1-4H3. The zero-order valence-electron chi connectivity index (χ0n) is 21.8. The summed E-state index contributed by atoms with van der Waals surface area (Å²) in [7, 11) is 0. The average Bonchev–Trinajstić information content (AvgIpc) is 3.43. The highest BCUT2D eigenvalue weighted by molar-refractivity contribution is 5.91. The second-order valence-electron chi connectivity index (χ2n) is 9.98. The number of aromatic nitrogens is 6. The Hall–Kier alpha value is -4.84. The molecule has 6 nitrogen and oxygen atoms in total. The molecule has 0 radical (unpaired) electrons. The van der Waals surface area contributed by atoms with Crippen LogP contribution in [0.2, 0.25) is 0 Å². The molecule has 7 rings (SSSR count). The van der Waals surface area contributed by atoms with E-state index >= 15 is 0 Å². The number of benzene rings is 4. The van der Waals surface area contributed by atoms with Gasteiger partial charge >= 0.3 is 0 Å². The van der Waals surface area contributed by atoms with Crippen molar-refractivity contribution in [3.05, 3.63) is 107 Å². The second-order valence-corrected chi connectivity index (χ2v) is 9.98. The van der Waals surface area contributed by atoms with Gasteiger partial charge in [-0.2, -0.15) is 9.97 Å². The fraction of sp³-hybridized carbons (Fsp3) is 0.125. The van der Waals surface area contributed by atoms with Crippen molar-refractivity contribution in [2.75, 3.05) is 0 Å². The highest BCUT2D eigenvalue weighted by Crippen LogP contribution is 2.31. The minimum absolute atomic E-state index is 0.548. The van der Waals surface area contributed by atoms with Crippen LogP contribution in [0.4, 0.5) is 0 Å². The molecule has 0 saturated carbocycles. The summed E-state index contributed by atoms with van der Waals surface area (Å²) in [6.45, 7) is 8.41. The van der Waals surface area contributed by atoms with Crippen molar-refractivity contribution in [2.24, 2.45) is 0 Å². The van der Waals surface area contributed by atoms with Gasteiger partial charge in [0.25, 0.3) is 0 Å². The number of hydrogen-bond donors (Lipinski definition) is 0. The van der Waals surface area contributed by atoms with E-state index in [1.54, 1.807) is 0 Å². The van der Waals surface area contributed by atoms with Gasteiger partial charge in [-0.15, -0.1) is 0 Å². The number of para-hydroxylation sites is 4. The van der Waals surface area contributed by atoms with Gasteiger partial charge in [-0.25, -0.2) is 14.5 Å². The molecular formula is C32H26N6. The maximum absolute atomic E-state index is 5.07. The lowest BCUT2D eigenvalue weighted by molar-refractivity contribution is 0.935. The molecule has 0 bridgehead atoms. The van der Waals surface area contributed by atoms with Gasteiger partial charge in [-0.05, 0) is 63.1 Å². The summed E-state index contributed by atoms with van der Waals surface area (Å²) < 4.78 is 4.24. The van der Waals surface area contributed by atoms with Crippen molar-refractivity contribution in [1.82, 2.24) is 28.9 Å². The Morgan fingerprint density at radius 1 is 0.526 bits per heavy atom. The van der Waals surface area contributed by atoms with Gasteiger partial charge in [-0.1, -0.05) is 71.8 Å². The zero-order valence-corrected chi connectivity index (χ0v) is 21.8. The Kier molecular flexibility index (Phi) is 4.91. The summed E-state index contributed by atoms with van der Waals surface area (Å²) in [6, 6.07) is 29.2. The summed E-state index contributed by atoms with van der Waals surface area (Å²) >= 11 is 0. The van der Waals surface area contributed by atoms with Gasteiger partial charge in [0.15, 0.2) is 11.6 Å². The van der Waals surface area contributed by atoms with Gasteiger partial charge in [0.2, 0.25) is 11.7 Å². The third kappa shape index (κ3) is 3.41. The minimum Gasteiger partial charge on any atom is -0.276 e. The van der Waals surface area contributed by atoms with Crippen LogP contribution in [0.3, 0.4) is 0 Å². The van der Waals surface area contributed by atoms with Gasteiger partial charge in [0.05, 0.1) is 22.1 Å². The third-order valence-corrected chi connectivity index (χ3v) is 7.18. The van der Waals surface area contributed by atoms with E-state index in [9.17, 15) is 0 Å². The molecule has 0 fully saturated rings. The van der Waals surface area contributed by atoms with Crippen LogP contribution in [0.5, 0.6) is 0 Å². The lowest BCUT2D eigenvalue weighted by atomic mass is 10.0. The Morgan fingerprint density at radius 3 is 1.68 bits per heavy atom. The highest BCUT2D eigenvalue weighted by atomic mass is 15.3. The smallest absolute Gasteiger partial charge is 0.241 e. The maximum Gasteiger partial charge on any atom is 0.241 e. The SMILES string of the molecule is Cc1ccc(-c2nc(-c3ccc(C)cc3C)nc(-n3c4ccccc4n4c5ccccc5nc34)n2)c(C)c1. The van der Waals surface area contributed by atoms with E-state index in [1.165, 1.54) is 11.1 Å². The van der Waals surface area contributed by atoms with E-state index in [1.807, 2.05) is 24.3 Å². The molecule has 0 aliphatic carbocycles. The van der Waals surface area contributed by atoms with E-state index in [0.29, 0.717) is 17.6 Å². The van der Waals surface area contributed by atoms with E-state index in [0.717, 1.165) is 50.1 Å². The number of rotatable bonds is 3. The van der Waals surface area contributed by atoms with Crippen molar-refractivity contribution < 1.29 is 0 Å². The topological polar surface area (TPSA) is 60.9 Å². The molecule has 7 aromatic rings. The molecule has 3 heterocycles. The molecule has 184 valence electrons. The molecule has 0 aliphatic heterocycles. The first-order valence-electron chi connectivity index (χ1n) is 12.8. The normalized spacial score (nSPS) is 11.7. The second kappa shape index (κ2) is 8.35. The summed E-state index contributed by atoms with van der Waals surface area (Å²) in [6.07, 6.45) is 0. The summed E-state index contributed by atoms with van der Waals surface area (Å²) in [5, 5.41) is 0. The predicted octanol–water partition coefficient (Wildman–Crippen LogP) is 7.18. The molecule has 0 amide bonds. The van der Waals surface area contributed by atoms with Crippen molar-refractivity contribution in [3.8, 4) is 28.7 Å². The maximum atomic E-state index is 5.07. The number of imidazole rings is 2. The Labute approximate surface area is 220 Å². The zero-order chi connectivity index (χ0) is 26.0. The van der Waals surface area contributed by atoms with Gasteiger partial charge in [0.1, 0.15) is 0 Å². The Bertz CT molecular complexity index is 1960. The first-order chi connectivity index (χ1) is 18.5. The van der Waals surface area contributed by atoms with Crippen LogP contribution in [-0.4, -0.2) is 28.9 Å². The molecule has 38 heavy (non-hydrogen) atoms. The van der Waals surface area contributed by atoms with E-state index in [2.05, 4.69) is 97.3 Å². The molecule has 0 aliphatic rings. The van der Waals surface area contributed by atoms with Crippen LogP contribution in [0, 0.1) is 27.7 Å². The molecule has 0 saturated heterocycles. The molecule has 0 N–H and O–H groups in total. The van der Waals surface area contributed by atoms with Gasteiger partial charge in [-0.3, -0.25) is 4.40 Å². The largest absolute Gasteiger partial charge is 0.276 e. The monoisotopic (exact) mass is 494 g/mol. The van der Waals surface area contributed by atoms with Crippen molar-refractivity contribution >= 4 is 27.8 Å². The molecule has 6 heteroatoms. The van der Waals surface area contributed by atoms with Crippen molar-refractivity contribution in [1.29, 1.82) is 0 Å². The first kappa shape index (κ1) is 22.4. The molecular weight excluding hydrogens is 468 g/mol. The Morgan fingerprint density at radius 2 is 1.08 bits per heavy atom. The highest BCUT2D eigenvalue weighted by Gasteiger charge is 2.21. The van der Waals surface area contributed by atoms with Crippen LogP contribution in [-0.2, 0) is 0 Å². The quantitative estimate of drug-likeness (QED) is 0.261. The minimum atomic E-state index is 0.548. The number of nitrogens with zero attached hydrogens (tertiary/aromatic N) is 6. The number of aryl methyl sites for hydroxylation is 4. The average molecular weight is 495 g/mol. The van der Waals surface area contributed by atoms with E-state index in [-0.39, 0.29) is 0 Å². The van der Waals surface area contributed by atoms with Crippen LogP contribution < -0.4 is 0 Å². The molecule has 0 atom stereocenters.